The predicted molar refractivity (Wildman–Crippen MR) is 178 cm³/mol. The van der Waals surface area contributed by atoms with Gasteiger partial charge in [-0.2, -0.15) is 4.72 Å². The summed E-state index contributed by atoms with van der Waals surface area (Å²) in [5.41, 5.74) is 2.84. The number of likely N-dealkylation sites (tertiary alicyclic amines) is 1. The van der Waals surface area contributed by atoms with E-state index in [1.54, 1.807) is 49.2 Å². The quantitative estimate of drug-likeness (QED) is 0.188. The van der Waals surface area contributed by atoms with Crippen molar-refractivity contribution in [3.05, 3.63) is 88.1 Å². The van der Waals surface area contributed by atoms with Crippen LogP contribution in [0.5, 0.6) is 0 Å². The molecular formula is C33H40ClN5O7S. The lowest BCUT2D eigenvalue weighted by Crippen LogP contribution is -2.49. The molecular weight excluding hydrogens is 646 g/mol. The van der Waals surface area contributed by atoms with Crippen LogP contribution < -0.4 is 15.4 Å². The van der Waals surface area contributed by atoms with Crippen molar-refractivity contribution in [1.29, 1.82) is 0 Å². The maximum absolute atomic E-state index is 13.3. The first kappa shape index (κ1) is 35.8. The van der Waals surface area contributed by atoms with Crippen molar-refractivity contribution in [2.45, 2.75) is 63.1 Å². The third kappa shape index (κ3) is 10.2. The smallest absolute Gasteiger partial charge is 0.323 e. The molecule has 3 aromatic rings. The summed E-state index contributed by atoms with van der Waals surface area (Å²) in [7, 11) is -4.19. The lowest BCUT2D eigenvalue weighted by molar-refractivity contribution is -0.139. The molecule has 2 amide bonds. The Bertz CT molecular complexity index is 1650. The Hall–Kier alpha value is -4.04. The Balaban J connectivity index is 1.33. The molecule has 252 valence electrons. The van der Waals surface area contributed by atoms with Gasteiger partial charge < -0.3 is 25.4 Å². The van der Waals surface area contributed by atoms with Gasteiger partial charge >= 0.3 is 5.97 Å². The Morgan fingerprint density at radius 1 is 1.09 bits per heavy atom. The number of amides is 2. The van der Waals surface area contributed by atoms with Gasteiger partial charge in [0.25, 0.3) is 0 Å². The van der Waals surface area contributed by atoms with Crippen LogP contribution in [0.25, 0.3) is 0 Å². The number of carboxylic acids is 1. The molecule has 3 atom stereocenters. The molecule has 2 heterocycles. The van der Waals surface area contributed by atoms with E-state index < -0.39 is 47.2 Å². The van der Waals surface area contributed by atoms with E-state index in [1.807, 2.05) is 37.3 Å². The van der Waals surface area contributed by atoms with Crippen molar-refractivity contribution in [2.75, 3.05) is 31.6 Å². The minimum Gasteiger partial charge on any atom is -0.480 e. The van der Waals surface area contributed by atoms with Crippen molar-refractivity contribution in [1.82, 2.24) is 19.9 Å². The van der Waals surface area contributed by atoms with Gasteiger partial charge in [-0.15, -0.1) is 0 Å². The van der Waals surface area contributed by atoms with Gasteiger partial charge in [-0.1, -0.05) is 47.5 Å². The van der Waals surface area contributed by atoms with E-state index in [2.05, 4.69) is 20.3 Å². The number of carbonyl (C=O) groups excluding carboxylic acids is 2. The van der Waals surface area contributed by atoms with Crippen LogP contribution in [0.4, 0.5) is 5.82 Å². The van der Waals surface area contributed by atoms with Crippen molar-refractivity contribution in [3.8, 4) is 0 Å². The first-order valence-electron chi connectivity index (χ1n) is 15.2. The van der Waals surface area contributed by atoms with E-state index in [4.69, 9.17) is 16.3 Å². The molecule has 0 bridgehead atoms. The fourth-order valence-corrected chi connectivity index (χ4v) is 7.47. The van der Waals surface area contributed by atoms with Gasteiger partial charge in [-0.25, -0.2) is 13.4 Å². The number of hydrogen-bond donors (Lipinski definition) is 4. The SMILES string of the molecule is Cc1cc(C)c(S(=O)(=O)N[C@@H](CNC(=O)CO[C@@H]2C[C@@H](CNc3ccccn3)N(C(=O)CCc3ccc(Cl)cc3)C2)C(=O)O)c(C)c1. The summed E-state index contributed by atoms with van der Waals surface area (Å²) in [5.74, 6) is -1.45. The van der Waals surface area contributed by atoms with Crippen LogP contribution in [-0.2, 0) is 35.6 Å². The predicted octanol–water partition coefficient (Wildman–Crippen LogP) is 3.24. The van der Waals surface area contributed by atoms with Gasteiger partial charge in [0.2, 0.25) is 21.8 Å². The summed E-state index contributed by atoms with van der Waals surface area (Å²) in [5, 5.41) is 16.0. The first-order chi connectivity index (χ1) is 22.3. The van der Waals surface area contributed by atoms with Crippen molar-refractivity contribution in [3.63, 3.8) is 0 Å². The second-order valence-electron chi connectivity index (χ2n) is 11.6. The number of nitrogens with zero attached hydrogens (tertiary/aromatic N) is 2. The van der Waals surface area contributed by atoms with Crippen LogP contribution in [0.2, 0.25) is 5.02 Å². The molecule has 0 spiro atoms. The van der Waals surface area contributed by atoms with Gasteiger partial charge in [0.15, 0.2) is 0 Å². The number of aryl methyl sites for hydroxylation is 4. The summed E-state index contributed by atoms with van der Waals surface area (Å²) in [6.07, 6.45) is 2.51. The monoisotopic (exact) mass is 685 g/mol. The molecule has 47 heavy (non-hydrogen) atoms. The fraction of sp³-hybridized carbons (Fsp3) is 0.394. The van der Waals surface area contributed by atoms with Gasteiger partial charge in [-0.05, 0) is 74.6 Å². The van der Waals surface area contributed by atoms with Crippen LogP contribution in [0.1, 0.15) is 35.1 Å². The van der Waals surface area contributed by atoms with E-state index in [0.29, 0.717) is 41.4 Å². The van der Waals surface area contributed by atoms with Gasteiger partial charge in [-0.3, -0.25) is 14.4 Å². The molecule has 1 aliphatic rings. The number of carbonyl (C=O) groups is 3. The summed E-state index contributed by atoms with van der Waals surface area (Å²) in [6.45, 7) is 4.93. The second kappa shape index (κ2) is 16.2. The van der Waals surface area contributed by atoms with Crippen LogP contribution in [0, 0.1) is 20.8 Å². The number of aromatic nitrogens is 1. The van der Waals surface area contributed by atoms with E-state index >= 15 is 0 Å². The van der Waals surface area contributed by atoms with Crippen LogP contribution in [0.3, 0.4) is 0 Å². The number of hydrogen-bond acceptors (Lipinski definition) is 8. The molecule has 0 unspecified atom stereocenters. The highest BCUT2D eigenvalue weighted by Gasteiger charge is 2.36. The molecule has 14 heteroatoms. The van der Waals surface area contributed by atoms with E-state index in [9.17, 15) is 27.9 Å². The maximum atomic E-state index is 13.3. The molecule has 4 N–H and O–H groups in total. The average Bonchev–Trinajstić information content (AvgIpc) is 3.43. The number of rotatable bonds is 15. The Morgan fingerprint density at radius 2 is 1.79 bits per heavy atom. The minimum absolute atomic E-state index is 0.00426. The highest BCUT2D eigenvalue weighted by atomic mass is 35.5. The number of halogens is 1. The Morgan fingerprint density at radius 3 is 2.43 bits per heavy atom. The average molecular weight is 686 g/mol. The lowest BCUT2D eigenvalue weighted by Gasteiger charge is -2.25. The normalized spacial score (nSPS) is 16.9. The standard InChI is InChI=1S/C33H40ClN5O7S/c1-21-14-22(2)32(23(3)15-21)47(44,45)38-28(33(42)43)18-37-30(40)20-46-27-16-26(17-36-29-6-4-5-13-35-29)39(19-27)31(41)12-9-24-7-10-25(34)11-8-24/h4-8,10-11,13-15,26-28,38H,9,12,16-20H2,1-3H3,(H,35,36)(H,37,40)(H,42,43)/t26-,27+,28-/m0/s1. The molecule has 1 aromatic heterocycles. The van der Waals surface area contributed by atoms with Gasteiger partial charge in [0.05, 0.1) is 17.0 Å². The summed E-state index contributed by atoms with van der Waals surface area (Å²) >= 11 is 5.98. The third-order valence-electron chi connectivity index (χ3n) is 7.84. The molecule has 2 aromatic carbocycles. The third-order valence-corrected chi connectivity index (χ3v) is 9.87. The summed E-state index contributed by atoms with van der Waals surface area (Å²) in [6, 6.07) is 14.4. The largest absolute Gasteiger partial charge is 0.480 e. The topological polar surface area (TPSA) is 167 Å². The summed E-state index contributed by atoms with van der Waals surface area (Å²) in [4.78, 5) is 43.9. The number of anilines is 1. The molecule has 4 rings (SSSR count). The zero-order valence-electron chi connectivity index (χ0n) is 26.5. The van der Waals surface area contributed by atoms with Crippen molar-refractivity contribution >= 4 is 45.2 Å². The fourth-order valence-electron chi connectivity index (χ4n) is 5.71. The zero-order chi connectivity index (χ0) is 34.1. The Labute approximate surface area is 279 Å². The molecule has 0 aliphatic carbocycles. The number of ether oxygens (including phenoxy) is 1. The first-order valence-corrected chi connectivity index (χ1v) is 17.1. The van der Waals surface area contributed by atoms with Crippen LogP contribution in [0.15, 0.2) is 65.7 Å². The number of sulfonamides is 1. The minimum atomic E-state index is -4.19. The maximum Gasteiger partial charge on any atom is 0.323 e. The molecule has 12 nitrogen and oxygen atoms in total. The molecule has 0 radical (unpaired) electrons. The number of benzene rings is 2. The van der Waals surface area contributed by atoms with E-state index in [1.165, 1.54) is 0 Å². The number of carboxylic acid groups (broad SMARTS) is 1. The van der Waals surface area contributed by atoms with E-state index in [-0.39, 0.29) is 29.8 Å². The highest BCUT2D eigenvalue weighted by Crippen LogP contribution is 2.24. The van der Waals surface area contributed by atoms with Crippen molar-refractivity contribution < 1.29 is 32.6 Å². The highest BCUT2D eigenvalue weighted by molar-refractivity contribution is 7.89. The molecule has 1 aliphatic heterocycles. The van der Waals surface area contributed by atoms with Gasteiger partial charge in [0, 0.05) is 37.3 Å². The van der Waals surface area contributed by atoms with Crippen molar-refractivity contribution in [2.24, 2.45) is 0 Å². The lowest BCUT2D eigenvalue weighted by atomic mass is 10.1. The zero-order valence-corrected chi connectivity index (χ0v) is 28.1. The van der Waals surface area contributed by atoms with E-state index in [0.717, 1.165) is 11.1 Å². The number of nitrogens with one attached hydrogen (secondary N) is 3. The molecule has 0 saturated carbocycles. The van der Waals surface area contributed by atoms with Crippen LogP contribution >= 0.6 is 11.6 Å². The molecule has 1 saturated heterocycles. The number of pyridine rings is 1. The van der Waals surface area contributed by atoms with Gasteiger partial charge in [0.1, 0.15) is 18.5 Å². The second-order valence-corrected chi connectivity index (χ2v) is 13.7. The molecule has 1 fully saturated rings. The van der Waals surface area contributed by atoms with Crippen LogP contribution in [-0.4, -0.2) is 85.6 Å². The summed E-state index contributed by atoms with van der Waals surface area (Å²) < 4.78 is 34.2. The Kier molecular flexibility index (Phi) is 12.3. The number of aliphatic carboxylic acids is 1.